The summed E-state index contributed by atoms with van der Waals surface area (Å²) in [7, 11) is 0. The van der Waals surface area contributed by atoms with Gasteiger partial charge in [-0.1, -0.05) is 0 Å². The van der Waals surface area contributed by atoms with Crippen molar-refractivity contribution in [2.45, 2.75) is 6.92 Å². The van der Waals surface area contributed by atoms with E-state index in [0.29, 0.717) is 10.3 Å². The fraction of sp³-hybridized carbons (Fsp3) is 0.125. The number of carbonyl (C=O) groups is 2. The number of nitrogens with one attached hydrogen (secondary N) is 1. The minimum absolute atomic E-state index is 0.0778. The zero-order valence-corrected chi connectivity index (χ0v) is 8.83. The van der Waals surface area contributed by atoms with Crippen LogP contribution in [0.3, 0.4) is 0 Å². The fourth-order valence-electron chi connectivity index (χ4n) is 0.836. The van der Waals surface area contributed by atoms with Crippen LogP contribution in [0.2, 0.25) is 0 Å². The molecule has 6 heteroatoms. The van der Waals surface area contributed by atoms with Crippen LogP contribution in [0.1, 0.15) is 17.4 Å². The summed E-state index contributed by atoms with van der Waals surface area (Å²) >= 11 is 3.05. The Kier molecular flexibility index (Phi) is 3.19. The Bertz CT molecular complexity index is 392. The molecule has 0 bridgehead atoms. The second-order valence-electron chi connectivity index (χ2n) is 2.52. The molecule has 0 radical (unpaired) electrons. The number of rotatable bonds is 2. The Morgan fingerprint density at radius 2 is 2.14 bits per heavy atom. The molecule has 1 amide bonds. The molecule has 2 N–H and O–H groups in total. The second-order valence-corrected chi connectivity index (χ2v) is 3.27. The SMILES string of the molecule is CC(=O)Nc1ccc(C(=O)O)nc1Br. The van der Waals surface area contributed by atoms with Gasteiger partial charge in [-0.15, -0.1) is 0 Å². The number of nitrogens with zero attached hydrogens (tertiary/aromatic N) is 1. The lowest BCUT2D eigenvalue weighted by atomic mass is 10.3. The molecule has 1 aromatic rings. The third kappa shape index (κ3) is 2.53. The smallest absolute Gasteiger partial charge is 0.354 e. The van der Waals surface area contributed by atoms with E-state index in [1.165, 1.54) is 19.1 Å². The van der Waals surface area contributed by atoms with E-state index in [-0.39, 0.29) is 11.6 Å². The molecule has 0 atom stereocenters. The summed E-state index contributed by atoms with van der Waals surface area (Å²) < 4.78 is 0.299. The molecular weight excluding hydrogens is 252 g/mol. The van der Waals surface area contributed by atoms with E-state index in [1.54, 1.807) is 0 Å². The quantitative estimate of drug-likeness (QED) is 0.789. The van der Waals surface area contributed by atoms with Gasteiger partial charge in [0, 0.05) is 6.92 Å². The molecule has 0 spiro atoms. The van der Waals surface area contributed by atoms with Crippen LogP contribution < -0.4 is 5.32 Å². The largest absolute Gasteiger partial charge is 0.477 e. The highest BCUT2D eigenvalue weighted by Crippen LogP contribution is 2.19. The molecule has 0 aromatic carbocycles. The van der Waals surface area contributed by atoms with Crippen molar-refractivity contribution in [1.82, 2.24) is 4.98 Å². The topological polar surface area (TPSA) is 79.3 Å². The summed E-state index contributed by atoms with van der Waals surface area (Å²) in [6, 6.07) is 2.79. The minimum atomic E-state index is -1.11. The molecule has 1 rings (SSSR count). The summed E-state index contributed by atoms with van der Waals surface area (Å²) in [4.78, 5) is 25.0. The van der Waals surface area contributed by atoms with Crippen molar-refractivity contribution >= 4 is 33.5 Å². The number of amides is 1. The maximum Gasteiger partial charge on any atom is 0.354 e. The zero-order valence-electron chi connectivity index (χ0n) is 7.24. The predicted octanol–water partition coefficient (Wildman–Crippen LogP) is 1.50. The van der Waals surface area contributed by atoms with Crippen LogP contribution >= 0.6 is 15.9 Å². The van der Waals surface area contributed by atoms with E-state index >= 15 is 0 Å². The lowest BCUT2D eigenvalue weighted by molar-refractivity contribution is -0.114. The van der Waals surface area contributed by atoms with Crippen molar-refractivity contribution in [1.29, 1.82) is 0 Å². The van der Waals surface area contributed by atoms with Gasteiger partial charge in [-0.2, -0.15) is 0 Å². The normalized spacial score (nSPS) is 9.57. The van der Waals surface area contributed by atoms with E-state index in [9.17, 15) is 9.59 Å². The Hall–Kier alpha value is -1.43. The molecule has 1 aromatic heterocycles. The maximum absolute atomic E-state index is 10.7. The number of anilines is 1. The van der Waals surface area contributed by atoms with E-state index in [2.05, 4.69) is 26.2 Å². The number of carboxylic acid groups (broad SMARTS) is 1. The van der Waals surface area contributed by atoms with E-state index in [4.69, 9.17) is 5.11 Å². The van der Waals surface area contributed by atoms with Crippen LogP contribution in [0.15, 0.2) is 16.7 Å². The lowest BCUT2D eigenvalue weighted by Gasteiger charge is -2.04. The number of pyridine rings is 1. The Labute approximate surface area is 88.3 Å². The molecule has 0 fully saturated rings. The molecule has 0 saturated carbocycles. The average molecular weight is 259 g/mol. The average Bonchev–Trinajstić information content (AvgIpc) is 2.07. The van der Waals surface area contributed by atoms with Gasteiger partial charge in [-0.05, 0) is 28.1 Å². The number of carboxylic acids is 1. The van der Waals surface area contributed by atoms with Crippen molar-refractivity contribution in [3.63, 3.8) is 0 Å². The van der Waals surface area contributed by atoms with Crippen molar-refractivity contribution in [2.24, 2.45) is 0 Å². The van der Waals surface area contributed by atoms with Crippen LogP contribution in [-0.2, 0) is 4.79 Å². The first-order valence-corrected chi connectivity index (χ1v) is 4.47. The number of aromatic carboxylic acids is 1. The molecule has 0 aliphatic heterocycles. The van der Waals surface area contributed by atoms with Gasteiger partial charge in [-0.25, -0.2) is 9.78 Å². The van der Waals surface area contributed by atoms with Gasteiger partial charge in [0.1, 0.15) is 10.3 Å². The molecule has 74 valence electrons. The molecule has 14 heavy (non-hydrogen) atoms. The van der Waals surface area contributed by atoms with Gasteiger partial charge in [0.25, 0.3) is 0 Å². The monoisotopic (exact) mass is 258 g/mol. The van der Waals surface area contributed by atoms with Gasteiger partial charge in [0.15, 0.2) is 0 Å². The number of aromatic nitrogens is 1. The molecule has 0 aliphatic carbocycles. The van der Waals surface area contributed by atoms with E-state index in [1.807, 2.05) is 0 Å². The van der Waals surface area contributed by atoms with Crippen LogP contribution in [-0.4, -0.2) is 22.0 Å². The molecule has 5 nitrogen and oxygen atoms in total. The second kappa shape index (κ2) is 4.19. The zero-order chi connectivity index (χ0) is 10.7. The molecular formula is C8H7BrN2O3. The summed E-state index contributed by atoms with van der Waals surface area (Å²) in [5, 5.41) is 11.1. The van der Waals surface area contributed by atoms with Gasteiger partial charge in [0.2, 0.25) is 5.91 Å². The Morgan fingerprint density at radius 3 is 2.57 bits per heavy atom. The number of halogens is 1. The van der Waals surface area contributed by atoms with Crippen LogP contribution in [0.4, 0.5) is 5.69 Å². The molecule has 0 saturated heterocycles. The first-order valence-electron chi connectivity index (χ1n) is 3.68. The fourth-order valence-corrected chi connectivity index (χ4v) is 1.26. The van der Waals surface area contributed by atoms with Crippen LogP contribution in [0.5, 0.6) is 0 Å². The summed E-state index contributed by atoms with van der Waals surface area (Å²) in [5.74, 6) is -1.35. The van der Waals surface area contributed by atoms with Gasteiger partial charge < -0.3 is 10.4 Å². The summed E-state index contributed by atoms with van der Waals surface area (Å²) in [6.45, 7) is 1.36. The van der Waals surface area contributed by atoms with E-state index in [0.717, 1.165) is 0 Å². The van der Waals surface area contributed by atoms with Crippen molar-refractivity contribution in [3.8, 4) is 0 Å². The number of hydrogen-bond donors (Lipinski definition) is 2. The summed E-state index contributed by atoms with van der Waals surface area (Å²) in [5.41, 5.74) is 0.369. The van der Waals surface area contributed by atoms with Crippen LogP contribution in [0.25, 0.3) is 0 Å². The highest BCUT2D eigenvalue weighted by molar-refractivity contribution is 9.10. The number of hydrogen-bond acceptors (Lipinski definition) is 3. The first-order chi connectivity index (χ1) is 6.50. The molecule has 0 aliphatic rings. The third-order valence-electron chi connectivity index (χ3n) is 1.38. The van der Waals surface area contributed by atoms with E-state index < -0.39 is 5.97 Å². The summed E-state index contributed by atoms with van der Waals surface area (Å²) in [6.07, 6.45) is 0. The van der Waals surface area contributed by atoms with Gasteiger partial charge >= 0.3 is 5.97 Å². The highest BCUT2D eigenvalue weighted by Gasteiger charge is 2.08. The van der Waals surface area contributed by atoms with Gasteiger partial charge in [-0.3, -0.25) is 4.79 Å². The number of carbonyl (C=O) groups excluding carboxylic acids is 1. The molecule has 1 heterocycles. The van der Waals surface area contributed by atoms with Crippen molar-refractivity contribution < 1.29 is 14.7 Å². The van der Waals surface area contributed by atoms with Crippen LogP contribution in [0, 0.1) is 0 Å². The standard InChI is InChI=1S/C8H7BrN2O3/c1-4(12)10-5-2-3-6(8(13)14)11-7(5)9/h2-3H,1H3,(H,10,12)(H,13,14). The predicted molar refractivity (Wildman–Crippen MR) is 53.2 cm³/mol. The Morgan fingerprint density at radius 1 is 1.50 bits per heavy atom. The lowest BCUT2D eigenvalue weighted by Crippen LogP contribution is -2.08. The Balaban J connectivity index is 3.01. The molecule has 0 unspecified atom stereocenters. The first kappa shape index (κ1) is 10.6. The maximum atomic E-state index is 10.7. The van der Waals surface area contributed by atoms with Crippen molar-refractivity contribution in [2.75, 3.05) is 5.32 Å². The van der Waals surface area contributed by atoms with Gasteiger partial charge in [0.05, 0.1) is 5.69 Å². The third-order valence-corrected chi connectivity index (χ3v) is 1.98. The van der Waals surface area contributed by atoms with Crippen molar-refractivity contribution in [3.05, 3.63) is 22.4 Å². The minimum Gasteiger partial charge on any atom is -0.477 e. The highest BCUT2D eigenvalue weighted by atomic mass is 79.9.